The Labute approximate surface area is 262 Å². The molecule has 8 nitrogen and oxygen atoms in total. The Morgan fingerprint density at radius 2 is 0.930 bits per heavy atom. The Bertz CT molecular complexity index is 747. The largest absolute Gasteiger partial charge is 0.481 e. The van der Waals surface area contributed by atoms with E-state index < -0.39 is 5.97 Å². The quantitative estimate of drug-likeness (QED) is 0.0759. The van der Waals surface area contributed by atoms with E-state index in [-0.39, 0.29) is 30.9 Å². The van der Waals surface area contributed by atoms with Crippen molar-refractivity contribution in [3.8, 4) is 0 Å². The molecule has 0 aromatic heterocycles. The molecular weight excluding hydrogens is 544 g/mol. The third-order valence-corrected chi connectivity index (χ3v) is 9.26. The van der Waals surface area contributed by atoms with Gasteiger partial charge in [-0.3, -0.25) is 14.4 Å². The summed E-state index contributed by atoms with van der Waals surface area (Å²) in [6.45, 7) is 3.47. The van der Waals surface area contributed by atoms with Gasteiger partial charge in [-0.15, -0.1) is 0 Å². The van der Waals surface area contributed by atoms with E-state index in [1.54, 1.807) is 0 Å². The van der Waals surface area contributed by atoms with E-state index in [2.05, 4.69) is 17.6 Å². The fraction of sp³-hybridized carbons (Fsp3) is 0.914. The maximum Gasteiger partial charge on any atom is 0.305 e. The standard InChI is InChI=1S/C35H64N2O6/c1-2-3-4-5-6-7-8-9-10-11-12-13-14-15-16-17-18-19-32(38)36-30-26-35(27-30)28-31(29-35)37-33(39)20-22-42-24-25-43-23-21-34(40)41/h30-31H,2-29H2,1H3,(H,36,38)(H,37,39)(H,40,41). The molecule has 250 valence electrons. The van der Waals surface area contributed by atoms with Gasteiger partial charge in [-0.25, -0.2) is 0 Å². The highest BCUT2D eigenvalue weighted by Crippen LogP contribution is 2.55. The highest BCUT2D eigenvalue weighted by Gasteiger charge is 2.53. The van der Waals surface area contributed by atoms with Crippen molar-refractivity contribution in [1.82, 2.24) is 10.6 Å². The van der Waals surface area contributed by atoms with Gasteiger partial charge in [-0.1, -0.05) is 110 Å². The lowest BCUT2D eigenvalue weighted by Crippen LogP contribution is -2.61. The van der Waals surface area contributed by atoms with Gasteiger partial charge in [-0.05, 0) is 37.5 Å². The fourth-order valence-electron chi connectivity index (χ4n) is 6.77. The van der Waals surface area contributed by atoms with Gasteiger partial charge in [0, 0.05) is 24.9 Å². The Morgan fingerprint density at radius 1 is 0.558 bits per heavy atom. The van der Waals surface area contributed by atoms with Crippen molar-refractivity contribution >= 4 is 17.8 Å². The van der Waals surface area contributed by atoms with Gasteiger partial charge in [0.15, 0.2) is 0 Å². The molecule has 2 aliphatic rings. The molecule has 0 radical (unpaired) electrons. The summed E-state index contributed by atoms with van der Waals surface area (Å²) in [5.41, 5.74) is 0.313. The molecule has 0 aromatic rings. The zero-order chi connectivity index (χ0) is 31.0. The minimum atomic E-state index is -0.881. The van der Waals surface area contributed by atoms with Crippen LogP contribution in [-0.4, -0.2) is 61.4 Å². The molecule has 0 atom stereocenters. The SMILES string of the molecule is CCCCCCCCCCCCCCCCCCCC(=O)NC1CC2(C1)CC(NC(=O)CCOCCOCCC(=O)O)C2. The van der Waals surface area contributed by atoms with Crippen LogP contribution in [0.1, 0.15) is 161 Å². The van der Waals surface area contributed by atoms with E-state index in [4.69, 9.17) is 14.6 Å². The van der Waals surface area contributed by atoms with Gasteiger partial charge >= 0.3 is 5.97 Å². The molecule has 0 aromatic carbocycles. The summed E-state index contributed by atoms with van der Waals surface area (Å²) < 4.78 is 10.5. The van der Waals surface area contributed by atoms with Crippen LogP contribution in [0.25, 0.3) is 0 Å². The number of carboxylic acids is 1. The number of rotatable bonds is 29. The average Bonchev–Trinajstić information content (AvgIpc) is 2.93. The van der Waals surface area contributed by atoms with Crippen molar-refractivity contribution in [1.29, 1.82) is 0 Å². The van der Waals surface area contributed by atoms with Gasteiger partial charge in [0.25, 0.3) is 0 Å². The molecule has 2 saturated carbocycles. The van der Waals surface area contributed by atoms with E-state index in [9.17, 15) is 14.4 Å². The van der Waals surface area contributed by atoms with Crippen LogP contribution in [0.3, 0.4) is 0 Å². The van der Waals surface area contributed by atoms with Crippen molar-refractivity contribution < 1.29 is 29.0 Å². The summed E-state index contributed by atoms with van der Waals surface area (Å²) >= 11 is 0. The molecule has 2 fully saturated rings. The van der Waals surface area contributed by atoms with Crippen LogP contribution in [-0.2, 0) is 23.9 Å². The van der Waals surface area contributed by atoms with Gasteiger partial charge in [0.1, 0.15) is 0 Å². The molecular formula is C35H64N2O6. The first kappa shape index (κ1) is 37.5. The molecule has 8 heteroatoms. The average molecular weight is 609 g/mol. The van der Waals surface area contributed by atoms with Gasteiger partial charge in [-0.2, -0.15) is 0 Å². The third-order valence-electron chi connectivity index (χ3n) is 9.26. The second-order valence-electron chi connectivity index (χ2n) is 13.4. The number of carbonyl (C=O) groups is 3. The van der Waals surface area contributed by atoms with Crippen molar-refractivity contribution in [3.05, 3.63) is 0 Å². The minimum absolute atomic E-state index is 0.00454. The summed E-state index contributed by atoms with van der Waals surface area (Å²) in [5.74, 6) is -0.671. The zero-order valence-corrected chi connectivity index (χ0v) is 27.4. The number of hydrogen-bond acceptors (Lipinski definition) is 5. The van der Waals surface area contributed by atoms with Crippen molar-refractivity contribution in [3.63, 3.8) is 0 Å². The lowest BCUT2D eigenvalue weighted by Gasteiger charge is -2.57. The monoisotopic (exact) mass is 608 g/mol. The Kier molecular flexibility index (Phi) is 20.7. The lowest BCUT2D eigenvalue weighted by atomic mass is 9.52. The zero-order valence-electron chi connectivity index (χ0n) is 27.4. The van der Waals surface area contributed by atoms with Crippen LogP contribution in [0.2, 0.25) is 0 Å². The molecule has 0 heterocycles. The summed E-state index contributed by atoms with van der Waals surface area (Å²) in [6.07, 6.45) is 28.0. The van der Waals surface area contributed by atoms with Gasteiger partial charge in [0.2, 0.25) is 11.8 Å². The molecule has 1 spiro atoms. The number of unbranched alkanes of at least 4 members (excludes halogenated alkanes) is 16. The van der Waals surface area contributed by atoms with E-state index in [1.807, 2.05) is 0 Å². The summed E-state index contributed by atoms with van der Waals surface area (Å²) in [5, 5.41) is 14.9. The summed E-state index contributed by atoms with van der Waals surface area (Å²) in [4.78, 5) is 34.9. The van der Waals surface area contributed by atoms with Crippen LogP contribution in [0, 0.1) is 5.41 Å². The number of amides is 2. The van der Waals surface area contributed by atoms with Crippen LogP contribution >= 0.6 is 0 Å². The predicted octanol–water partition coefficient (Wildman–Crippen LogP) is 7.47. The predicted molar refractivity (Wildman–Crippen MR) is 172 cm³/mol. The Morgan fingerprint density at radius 3 is 1.35 bits per heavy atom. The van der Waals surface area contributed by atoms with Gasteiger partial charge in [0.05, 0.1) is 32.8 Å². The number of carbonyl (C=O) groups excluding carboxylic acids is 2. The molecule has 2 amide bonds. The smallest absolute Gasteiger partial charge is 0.305 e. The normalized spacial score (nSPS) is 20.9. The molecule has 3 N–H and O–H groups in total. The Balaban J connectivity index is 1.30. The van der Waals surface area contributed by atoms with Crippen molar-refractivity contribution in [2.75, 3.05) is 26.4 Å². The molecule has 0 bridgehead atoms. The first-order valence-electron chi connectivity index (χ1n) is 17.9. The van der Waals surface area contributed by atoms with Crippen molar-refractivity contribution in [2.45, 2.75) is 173 Å². The first-order chi connectivity index (χ1) is 20.9. The fourth-order valence-corrected chi connectivity index (χ4v) is 6.77. The number of carboxylic acid groups (broad SMARTS) is 1. The second kappa shape index (κ2) is 23.7. The number of aliphatic carboxylic acids is 1. The van der Waals surface area contributed by atoms with E-state index in [0.717, 1.165) is 38.5 Å². The number of ether oxygens (including phenoxy) is 2. The first-order valence-corrected chi connectivity index (χ1v) is 17.9. The van der Waals surface area contributed by atoms with E-state index >= 15 is 0 Å². The van der Waals surface area contributed by atoms with Crippen LogP contribution in [0.15, 0.2) is 0 Å². The Hall–Kier alpha value is -1.67. The van der Waals surface area contributed by atoms with Crippen molar-refractivity contribution in [2.24, 2.45) is 5.41 Å². The summed E-state index contributed by atoms with van der Waals surface area (Å²) in [7, 11) is 0. The van der Waals surface area contributed by atoms with Crippen LogP contribution in [0.5, 0.6) is 0 Å². The molecule has 0 unspecified atom stereocenters. The molecule has 2 rings (SSSR count). The second-order valence-corrected chi connectivity index (χ2v) is 13.4. The van der Waals surface area contributed by atoms with Crippen LogP contribution in [0.4, 0.5) is 0 Å². The van der Waals surface area contributed by atoms with E-state index in [0.29, 0.717) is 44.1 Å². The maximum absolute atomic E-state index is 12.3. The summed E-state index contributed by atoms with van der Waals surface area (Å²) in [6, 6.07) is 0.541. The third kappa shape index (κ3) is 18.7. The lowest BCUT2D eigenvalue weighted by molar-refractivity contribution is -0.138. The highest BCUT2D eigenvalue weighted by molar-refractivity contribution is 5.77. The maximum atomic E-state index is 12.3. The molecule has 2 aliphatic carbocycles. The molecule has 0 saturated heterocycles. The van der Waals surface area contributed by atoms with Crippen LogP contribution < -0.4 is 10.6 Å². The highest BCUT2D eigenvalue weighted by atomic mass is 16.5. The van der Waals surface area contributed by atoms with E-state index in [1.165, 1.54) is 96.3 Å². The topological polar surface area (TPSA) is 114 Å². The number of nitrogens with one attached hydrogen (secondary N) is 2. The minimum Gasteiger partial charge on any atom is -0.481 e. The molecule has 43 heavy (non-hydrogen) atoms. The molecule has 0 aliphatic heterocycles. The van der Waals surface area contributed by atoms with Gasteiger partial charge < -0.3 is 25.2 Å². The number of hydrogen-bond donors (Lipinski definition) is 3.